The molecule has 2 heteroatoms. The number of rotatable bonds is 4. The molecule has 2 aliphatic rings. The van der Waals surface area contributed by atoms with Crippen LogP contribution in [0.15, 0.2) is 24.3 Å². The summed E-state index contributed by atoms with van der Waals surface area (Å²) in [4.78, 5) is 0. The topological polar surface area (TPSA) is 29.5 Å². The molecule has 2 saturated carbocycles. The van der Waals surface area contributed by atoms with Crippen molar-refractivity contribution in [2.75, 3.05) is 6.61 Å². The number of benzene rings is 1. The summed E-state index contributed by atoms with van der Waals surface area (Å²) in [6.45, 7) is 2.64. The van der Waals surface area contributed by atoms with Crippen LogP contribution in [0.1, 0.15) is 37.9 Å². The number of hydrogen-bond acceptors (Lipinski definition) is 2. The van der Waals surface area contributed by atoms with Gasteiger partial charge in [-0.3, -0.25) is 0 Å². The van der Waals surface area contributed by atoms with Gasteiger partial charge in [0.25, 0.3) is 0 Å². The summed E-state index contributed by atoms with van der Waals surface area (Å²) < 4.78 is 5.60. The van der Waals surface area contributed by atoms with Gasteiger partial charge in [0.05, 0.1) is 12.7 Å². The lowest BCUT2D eigenvalue weighted by molar-refractivity contribution is 0.132. The second-order valence-corrected chi connectivity index (χ2v) is 5.25. The molecule has 0 saturated heterocycles. The smallest absolute Gasteiger partial charge is 0.125 e. The Balaban J connectivity index is 1.79. The van der Waals surface area contributed by atoms with Crippen LogP contribution in [0.2, 0.25) is 0 Å². The lowest BCUT2D eigenvalue weighted by atomic mass is 9.99. The summed E-state index contributed by atoms with van der Waals surface area (Å²) in [7, 11) is 0. The van der Waals surface area contributed by atoms with Gasteiger partial charge in [-0.2, -0.15) is 0 Å². The predicted molar refractivity (Wildman–Crippen MR) is 66.9 cm³/mol. The molecule has 0 heterocycles. The molecule has 1 aromatic rings. The second-order valence-electron chi connectivity index (χ2n) is 5.25. The van der Waals surface area contributed by atoms with Crippen molar-refractivity contribution in [1.29, 1.82) is 0 Å². The second kappa shape index (κ2) is 4.34. The fourth-order valence-electron chi connectivity index (χ4n) is 3.56. The summed E-state index contributed by atoms with van der Waals surface area (Å²) in [5.41, 5.74) is 0.980. The summed E-state index contributed by atoms with van der Waals surface area (Å²) in [5.74, 6) is 2.90. The monoisotopic (exact) mass is 232 g/mol. The van der Waals surface area contributed by atoms with Crippen molar-refractivity contribution in [2.24, 2.45) is 17.8 Å². The first-order valence-corrected chi connectivity index (χ1v) is 6.72. The highest BCUT2D eigenvalue weighted by molar-refractivity contribution is 5.36. The van der Waals surface area contributed by atoms with Crippen LogP contribution in [-0.2, 0) is 0 Å². The first-order valence-electron chi connectivity index (χ1n) is 6.72. The zero-order valence-corrected chi connectivity index (χ0v) is 10.3. The first kappa shape index (κ1) is 11.1. The Morgan fingerprint density at radius 2 is 2.00 bits per heavy atom. The van der Waals surface area contributed by atoms with E-state index in [9.17, 15) is 5.11 Å². The minimum Gasteiger partial charge on any atom is -0.493 e. The number of para-hydroxylation sites is 1. The third-order valence-electron chi connectivity index (χ3n) is 4.37. The van der Waals surface area contributed by atoms with E-state index in [-0.39, 0.29) is 6.10 Å². The maximum atomic E-state index is 10.5. The molecule has 92 valence electrons. The Morgan fingerprint density at radius 3 is 2.71 bits per heavy atom. The van der Waals surface area contributed by atoms with E-state index in [0.717, 1.165) is 23.1 Å². The van der Waals surface area contributed by atoms with Gasteiger partial charge >= 0.3 is 0 Å². The van der Waals surface area contributed by atoms with E-state index in [1.54, 1.807) is 0 Å². The van der Waals surface area contributed by atoms with E-state index >= 15 is 0 Å². The SMILES string of the molecule is CCOc1ccccc1C(O)C1C2CCCC21. The van der Waals surface area contributed by atoms with Crippen LogP contribution in [0.3, 0.4) is 0 Å². The van der Waals surface area contributed by atoms with Crippen LogP contribution in [0.4, 0.5) is 0 Å². The molecule has 0 radical (unpaired) electrons. The van der Waals surface area contributed by atoms with Crippen molar-refractivity contribution >= 4 is 0 Å². The summed E-state index contributed by atoms with van der Waals surface area (Å²) in [6, 6.07) is 7.91. The largest absolute Gasteiger partial charge is 0.493 e. The highest BCUT2D eigenvalue weighted by atomic mass is 16.5. The third-order valence-corrected chi connectivity index (χ3v) is 4.37. The number of aliphatic hydroxyl groups is 1. The number of aliphatic hydroxyl groups excluding tert-OH is 1. The molecular formula is C15H20O2. The zero-order chi connectivity index (χ0) is 11.8. The Morgan fingerprint density at radius 1 is 1.29 bits per heavy atom. The van der Waals surface area contributed by atoms with E-state index in [1.807, 2.05) is 31.2 Å². The van der Waals surface area contributed by atoms with E-state index < -0.39 is 0 Å². The van der Waals surface area contributed by atoms with Crippen LogP contribution in [0, 0.1) is 17.8 Å². The van der Waals surface area contributed by atoms with E-state index in [4.69, 9.17) is 4.74 Å². The van der Waals surface area contributed by atoms with Crippen LogP contribution >= 0.6 is 0 Å². The van der Waals surface area contributed by atoms with E-state index in [2.05, 4.69) is 0 Å². The minimum absolute atomic E-state index is 0.326. The average molecular weight is 232 g/mol. The highest BCUT2D eigenvalue weighted by Gasteiger charge is 2.56. The maximum absolute atomic E-state index is 10.5. The van der Waals surface area contributed by atoms with Crippen molar-refractivity contribution in [2.45, 2.75) is 32.3 Å². The van der Waals surface area contributed by atoms with Gasteiger partial charge in [-0.1, -0.05) is 24.6 Å². The maximum Gasteiger partial charge on any atom is 0.125 e. The standard InChI is InChI=1S/C15H20O2/c1-2-17-13-9-4-3-6-12(13)15(16)14-10-7-5-8-11(10)14/h3-4,6,9-11,14-16H,2,5,7-8H2,1H3. The van der Waals surface area contributed by atoms with Gasteiger partial charge in [0.1, 0.15) is 5.75 Å². The van der Waals surface area contributed by atoms with Gasteiger partial charge in [-0.05, 0) is 43.6 Å². The van der Waals surface area contributed by atoms with Gasteiger partial charge in [0.15, 0.2) is 0 Å². The fraction of sp³-hybridized carbons (Fsp3) is 0.600. The van der Waals surface area contributed by atoms with Gasteiger partial charge in [-0.25, -0.2) is 0 Å². The zero-order valence-electron chi connectivity index (χ0n) is 10.3. The normalized spacial score (nSPS) is 32.0. The van der Waals surface area contributed by atoms with Crippen LogP contribution in [-0.4, -0.2) is 11.7 Å². The molecule has 3 rings (SSSR count). The van der Waals surface area contributed by atoms with Crippen LogP contribution < -0.4 is 4.74 Å². The Kier molecular flexibility index (Phi) is 2.83. The number of fused-ring (bicyclic) bond motifs is 1. The minimum atomic E-state index is -0.326. The van der Waals surface area contributed by atoms with Crippen molar-refractivity contribution < 1.29 is 9.84 Å². The molecule has 1 aromatic carbocycles. The molecule has 0 amide bonds. The molecule has 0 bridgehead atoms. The van der Waals surface area contributed by atoms with Crippen LogP contribution in [0.25, 0.3) is 0 Å². The molecule has 3 atom stereocenters. The molecule has 2 aliphatic carbocycles. The summed E-state index contributed by atoms with van der Waals surface area (Å²) in [6.07, 6.45) is 3.64. The van der Waals surface area contributed by atoms with E-state index in [1.165, 1.54) is 19.3 Å². The van der Waals surface area contributed by atoms with E-state index in [0.29, 0.717) is 12.5 Å². The van der Waals surface area contributed by atoms with Crippen molar-refractivity contribution in [3.8, 4) is 5.75 Å². The van der Waals surface area contributed by atoms with Crippen molar-refractivity contribution in [3.05, 3.63) is 29.8 Å². The Hall–Kier alpha value is -1.02. The third kappa shape index (κ3) is 1.85. The van der Waals surface area contributed by atoms with Crippen molar-refractivity contribution in [3.63, 3.8) is 0 Å². The molecule has 2 nitrogen and oxygen atoms in total. The van der Waals surface area contributed by atoms with Gasteiger partial charge in [0.2, 0.25) is 0 Å². The molecule has 1 N–H and O–H groups in total. The van der Waals surface area contributed by atoms with Crippen LogP contribution in [0.5, 0.6) is 5.75 Å². The summed E-state index contributed by atoms with van der Waals surface area (Å²) >= 11 is 0. The molecule has 17 heavy (non-hydrogen) atoms. The van der Waals surface area contributed by atoms with Gasteiger partial charge in [-0.15, -0.1) is 0 Å². The quantitative estimate of drug-likeness (QED) is 0.864. The Bertz CT molecular complexity index is 392. The van der Waals surface area contributed by atoms with Crippen molar-refractivity contribution in [1.82, 2.24) is 0 Å². The molecule has 0 aromatic heterocycles. The average Bonchev–Trinajstić information content (AvgIpc) is 2.82. The Labute approximate surface area is 103 Å². The fourth-order valence-corrected chi connectivity index (χ4v) is 3.56. The summed E-state index contributed by atoms with van der Waals surface area (Å²) in [5, 5.41) is 10.5. The molecular weight excluding hydrogens is 212 g/mol. The first-order chi connectivity index (χ1) is 8.33. The van der Waals surface area contributed by atoms with Gasteiger partial charge < -0.3 is 9.84 Å². The molecule has 0 spiro atoms. The van der Waals surface area contributed by atoms with Gasteiger partial charge in [0, 0.05) is 5.56 Å². The predicted octanol–water partition coefficient (Wildman–Crippen LogP) is 3.16. The lowest BCUT2D eigenvalue weighted by Crippen LogP contribution is -2.07. The lowest BCUT2D eigenvalue weighted by Gasteiger charge is -2.17. The number of hydrogen-bond donors (Lipinski definition) is 1. The number of ether oxygens (including phenoxy) is 1. The highest BCUT2D eigenvalue weighted by Crippen LogP contribution is 2.62. The molecule has 0 aliphatic heterocycles. The molecule has 2 fully saturated rings. The molecule has 3 unspecified atom stereocenters.